The summed E-state index contributed by atoms with van der Waals surface area (Å²) in [5.41, 5.74) is 1.02. The van der Waals surface area contributed by atoms with Crippen LogP contribution in [0.25, 0.3) is 0 Å². The van der Waals surface area contributed by atoms with Crippen LogP contribution >= 0.6 is 0 Å². The summed E-state index contributed by atoms with van der Waals surface area (Å²) in [6.45, 7) is 3.83. The van der Waals surface area contributed by atoms with Crippen molar-refractivity contribution in [2.75, 3.05) is 5.32 Å². The molecule has 24 heavy (non-hydrogen) atoms. The van der Waals surface area contributed by atoms with E-state index in [4.69, 9.17) is 0 Å². The molecule has 0 aromatic carbocycles. The molecule has 0 unspecified atom stereocenters. The van der Waals surface area contributed by atoms with Gasteiger partial charge in [0.15, 0.2) is 5.82 Å². The largest absolute Gasteiger partial charge is 0.465 e. The lowest BCUT2D eigenvalue weighted by Gasteiger charge is -2.30. The summed E-state index contributed by atoms with van der Waals surface area (Å²) in [6.07, 6.45) is 5.12. The third-order valence-corrected chi connectivity index (χ3v) is 4.42. The molecule has 2 heterocycles. The highest BCUT2D eigenvalue weighted by Gasteiger charge is 2.34. The molecule has 1 fully saturated rings. The van der Waals surface area contributed by atoms with Gasteiger partial charge in [-0.25, -0.2) is 14.8 Å². The highest BCUT2D eigenvalue weighted by Crippen LogP contribution is 2.37. The van der Waals surface area contributed by atoms with Crippen LogP contribution in [0, 0.1) is 0 Å². The molecule has 1 amide bonds. The minimum atomic E-state index is -0.844. The van der Waals surface area contributed by atoms with E-state index in [-0.39, 0.29) is 18.0 Å². The second-order valence-electron chi connectivity index (χ2n) is 6.35. The molecule has 3 rings (SSSR count). The predicted octanol–water partition coefficient (Wildman–Crippen LogP) is 2.97. The van der Waals surface area contributed by atoms with Gasteiger partial charge in [0.1, 0.15) is 0 Å². The lowest BCUT2D eigenvalue weighted by Crippen LogP contribution is -2.42. The lowest BCUT2D eigenvalue weighted by molar-refractivity contribution is 0.108. The standard InChI is InChI=1S/C16H22N6O2/c1-10(2)22(16(23)24)12-5-4-11(8-12)13-9-14(21-20-13)19-15-17-6-3-7-18-15/h3,6-7,9-12H,4-5,8H2,1-2H3,(H,23,24)(H2,17,18,19,20,21)/t11-,12+/m0/s1. The number of carbonyl (C=O) groups is 1. The number of rotatable bonds is 5. The van der Waals surface area contributed by atoms with Crippen molar-refractivity contribution in [3.63, 3.8) is 0 Å². The zero-order chi connectivity index (χ0) is 17.1. The van der Waals surface area contributed by atoms with E-state index < -0.39 is 6.09 Å². The third-order valence-electron chi connectivity index (χ3n) is 4.42. The first-order valence-electron chi connectivity index (χ1n) is 8.15. The monoisotopic (exact) mass is 330 g/mol. The van der Waals surface area contributed by atoms with E-state index in [9.17, 15) is 9.90 Å². The van der Waals surface area contributed by atoms with Gasteiger partial charge in [-0.15, -0.1) is 0 Å². The number of amides is 1. The van der Waals surface area contributed by atoms with Crippen LogP contribution in [-0.2, 0) is 0 Å². The smallest absolute Gasteiger partial charge is 0.407 e. The molecule has 2 atom stereocenters. The fourth-order valence-corrected chi connectivity index (χ4v) is 3.38. The van der Waals surface area contributed by atoms with Crippen molar-refractivity contribution in [3.05, 3.63) is 30.2 Å². The maximum atomic E-state index is 11.5. The van der Waals surface area contributed by atoms with Crippen LogP contribution in [0.15, 0.2) is 24.5 Å². The van der Waals surface area contributed by atoms with Gasteiger partial charge in [-0.3, -0.25) is 5.10 Å². The van der Waals surface area contributed by atoms with Crippen molar-refractivity contribution in [1.29, 1.82) is 0 Å². The van der Waals surface area contributed by atoms with Crippen LogP contribution < -0.4 is 5.32 Å². The van der Waals surface area contributed by atoms with Gasteiger partial charge in [-0.05, 0) is 39.2 Å². The molecule has 0 bridgehead atoms. The Hall–Kier alpha value is -2.64. The van der Waals surface area contributed by atoms with E-state index in [1.165, 1.54) is 0 Å². The van der Waals surface area contributed by atoms with Crippen molar-refractivity contribution >= 4 is 17.9 Å². The normalized spacial score (nSPS) is 20.3. The van der Waals surface area contributed by atoms with Gasteiger partial charge < -0.3 is 15.3 Å². The third kappa shape index (κ3) is 3.47. The highest BCUT2D eigenvalue weighted by molar-refractivity contribution is 5.66. The van der Waals surface area contributed by atoms with E-state index >= 15 is 0 Å². The van der Waals surface area contributed by atoms with Crippen LogP contribution in [0.4, 0.5) is 16.6 Å². The topological polar surface area (TPSA) is 107 Å². The first-order valence-corrected chi connectivity index (χ1v) is 8.15. The average Bonchev–Trinajstić information content (AvgIpc) is 3.17. The van der Waals surface area contributed by atoms with Crippen molar-refractivity contribution in [2.45, 2.75) is 51.1 Å². The van der Waals surface area contributed by atoms with Gasteiger partial charge in [0.05, 0.1) is 0 Å². The zero-order valence-corrected chi connectivity index (χ0v) is 13.8. The number of nitrogens with one attached hydrogen (secondary N) is 2. The first kappa shape index (κ1) is 16.2. The molecule has 0 saturated heterocycles. The second kappa shape index (κ2) is 6.86. The Labute approximate surface area is 140 Å². The summed E-state index contributed by atoms with van der Waals surface area (Å²) < 4.78 is 0. The molecule has 1 saturated carbocycles. The Balaban J connectivity index is 1.65. The van der Waals surface area contributed by atoms with E-state index in [1.54, 1.807) is 23.4 Å². The maximum absolute atomic E-state index is 11.5. The summed E-state index contributed by atoms with van der Waals surface area (Å²) in [4.78, 5) is 21.2. The summed E-state index contributed by atoms with van der Waals surface area (Å²) in [6, 6.07) is 3.75. The number of nitrogens with zero attached hydrogens (tertiary/aromatic N) is 4. The SMILES string of the molecule is CC(C)N(C(=O)O)[C@@H]1CC[C@H](c2cc(Nc3ncccn3)n[nH]2)C1. The van der Waals surface area contributed by atoms with E-state index in [2.05, 4.69) is 25.5 Å². The number of H-pyrrole nitrogens is 1. The summed E-state index contributed by atoms with van der Waals surface area (Å²) >= 11 is 0. The molecule has 3 N–H and O–H groups in total. The van der Waals surface area contributed by atoms with Gasteiger partial charge in [-0.1, -0.05) is 0 Å². The zero-order valence-electron chi connectivity index (χ0n) is 13.8. The molecule has 2 aromatic heterocycles. The number of hydrogen-bond donors (Lipinski definition) is 3. The minimum absolute atomic E-state index is 0.0135. The van der Waals surface area contributed by atoms with Gasteiger partial charge in [-0.2, -0.15) is 5.10 Å². The molecule has 8 heteroatoms. The number of aromatic amines is 1. The van der Waals surface area contributed by atoms with Gasteiger partial charge in [0, 0.05) is 42.2 Å². The molecular formula is C16H22N6O2. The Morgan fingerprint density at radius 3 is 2.79 bits per heavy atom. The summed E-state index contributed by atoms with van der Waals surface area (Å²) in [5.74, 6) is 1.45. The van der Waals surface area contributed by atoms with Gasteiger partial charge in [0.2, 0.25) is 5.95 Å². The molecule has 1 aliphatic carbocycles. The lowest BCUT2D eigenvalue weighted by atomic mass is 10.0. The number of carboxylic acid groups (broad SMARTS) is 1. The number of aromatic nitrogens is 4. The highest BCUT2D eigenvalue weighted by atomic mass is 16.4. The molecule has 1 aliphatic rings. The maximum Gasteiger partial charge on any atom is 0.407 e. The minimum Gasteiger partial charge on any atom is -0.465 e. The van der Waals surface area contributed by atoms with Crippen LogP contribution in [0.2, 0.25) is 0 Å². The second-order valence-corrected chi connectivity index (χ2v) is 6.35. The molecule has 0 radical (unpaired) electrons. The van der Waals surface area contributed by atoms with Crippen LogP contribution in [0.1, 0.15) is 44.7 Å². The van der Waals surface area contributed by atoms with Crippen molar-refractivity contribution in [2.24, 2.45) is 0 Å². The Morgan fingerprint density at radius 1 is 1.38 bits per heavy atom. The fourth-order valence-electron chi connectivity index (χ4n) is 3.38. The molecule has 128 valence electrons. The molecule has 2 aromatic rings. The summed E-state index contributed by atoms with van der Waals surface area (Å²) in [7, 11) is 0. The molecular weight excluding hydrogens is 308 g/mol. The Morgan fingerprint density at radius 2 is 2.12 bits per heavy atom. The van der Waals surface area contributed by atoms with Crippen LogP contribution in [0.3, 0.4) is 0 Å². The van der Waals surface area contributed by atoms with E-state index in [0.29, 0.717) is 11.8 Å². The number of anilines is 2. The fraction of sp³-hybridized carbons (Fsp3) is 0.500. The molecule has 0 spiro atoms. The van der Waals surface area contributed by atoms with Crippen molar-refractivity contribution < 1.29 is 9.90 Å². The van der Waals surface area contributed by atoms with E-state index in [0.717, 1.165) is 25.0 Å². The van der Waals surface area contributed by atoms with Crippen LogP contribution in [0.5, 0.6) is 0 Å². The van der Waals surface area contributed by atoms with Crippen molar-refractivity contribution in [1.82, 2.24) is 25.1 Å². The Kier molecular flexibility index (Phi) is 4.64. The average molecular weight is 330 g/mol. The Bertz CT molecular complexity index is 687. The molecule has 8 nitrogen and oxygen atoms in total. The quantitative estimate of drug-likeness (QED) is 0.778. The van der Waals surface area contributed by atoms with Gasteiger partial charge in [0.25, 0.3) is 0 Å². The van der Waals surface area contributed by atoms with Gasteiger partial charge >= 0.3 is 6.09 Å². The number of hydrogen-bond acceptors (Lipinski definition) is 5. The predicted molar refractivity (Wildman–Crippen MR) is 89.3 cm³/mol. The molecule has 0 aliphatic heterocycles. The van der Waals surface area contributed by atoms with Crippen molar-refractivity contribution in [3.8, 4) is 0 Å². The summed E-state index contributed by atoms with van der Waals surface area (Å²) in [5, 5.41) is 19.8. The van der Waals surface area contributed by atoms with Crippen LogP contribution in [-0.4, -0.2) is 48.3 Å². The first-order chi connectivity index (χ1) is 11.5. The van der Waals surface area contributed by atoms with E-state index in [1.807, 2.05) is 19.9 Å².